The van der Waals surface area contributed by atoms with Gasteiger partial charge in [0.1, 0.15) is 18.1 Å². The number of phenols is 1. The van der Waals surface area contributed by atoms with E-state index in [9.17, 15) is 14.7 Å². The van der Waals surface area contributed by atoms with Crippen molar-refractivity contribution in [1.82, 2.24) is 4.90 Å². The Balaban J connectivity index is 1.22. The Kier molecular flexibility index (Phi) is 8.46. The van der Waals surface area contributed by atoms with Crippen LogP contribution in [0.2, 0.25) is 0 Å². The van der Waals surface area contributed by atoms with Crippen LogP contribution in [0.4, 0.5) is 0 Å². The molecule has 6 heteroatoms. The average molecular weight is 614 g/mol. The number of phenolic OH excluding ortho intramolecular Hbond substituents is 1. The van der Waals surface area contributed by atoms with E-state index in [0.717, 1.165) is 58.1 Å². The molecule has 1 N–H and O–H groups in total. The van der Waals surface area contributed by atoms with Gasteiger partial charge in [-0.15, -0.1) is 0 Å². The van der Waals surface area contributed by atoms with Crippen LogP contribution in [0.5, 0.6) is 11.5 Å². The third kappa shape index (κ3) is 5.62. The second-order valence-electron chi connectivity index (χ2n) is 12.5. The Morgan fingerprint density at radius 3 is 2.37 bits per heavy atom. The van der Waals surface area contributed by atoms with Gasteiger partial charge in [-0.3, -0.25) is 14.5 Å². The highest BCUT2D eigenvalue weighted by molar-refractivity contribution is 6.06. The first-order valence-corrected chi connectivity index (χ1v) is 16.4. The molecule has 7 rings (SSSR count). The summed E-state index contributed by atoms with van der Waals surface area (Å²) in [6.45, 7) is 3.26. The molecule has 0 spiro atoms. The van der Waals surface area contributed by atoms with Crippen molar-refractivity contribution in [3.8, 4) is 11.5 Å². The molecular formula is C40H39NO5. The Labute approximate surface area is 270 Å². The lowest BCUT2D eigenvalue weighted by molar-refractivity contribution is -0.140. The van der Waals surface area contributed by atoms with Gasteiger partial charge in [0.05, 0.1) is 24.5 Å². The molecular weight excluding hydrogens is 574 g/mol. The van der Waals surface area contributed by atoms with Gasteiger partial charge in [-0.25, -0.2) is 0 Å². The highest BCUT2D eigenvalue weighted by Crippen LogP contribution is 2.50. The largest absolute Gasteiger partial charge is 0.507 e. The second-order valence-corrected chi connectivity index (χ2v) is 12.5. The molecule has 2 heterocycles. The van der Waals surface area contributed by atoms with Gasteiger partial charge in [-0.1, -0.05) is 91.9 Å². The summed E-state index contributed by atoms with van der Waals surface area (Å²) in [7, 11) is 0. The minimum absolute atomic E-state index is 0.0456. The van der Waals surface area contributed by atoms with E-state index < -0.39 is 0 Å². The summed E-state index contributed by atoms with van der Waals surface area (Å²) in [4.78, 5) is 28.6. The molecule has 4 aromatic rings. The highest BCUT2D eigenvalue weighted by Gasteiger charge is 2.56. The number of ether oxygens (including phenoxy) is 2. The summed E-state index contributed by atoms with van der Waals surface area (Å²) in [5, 5.41) is 12.3. The first-order valence-electron chi connectivity index (χ1n) is 16.4. The lowest BCUT2D eigenvalue weighted by atomic mass is 9.69. The molecule has 3 aliphatic rings. The van der Waals surface area contributed by atoms with Crippen LogP contribution in [0.15, 0.2) is 108 Å². The summed E-state index contributed by atoms with van der Waals surface area (Å²) >= 11 is 0. The van der Waals surface area contributed by atoms with E-state index in [1.54, 1.807) is 6.07 Å². The fourth-order valence-corrected chi connectivity index (χ4v) is 7.66. The van der Waals surface area contributed by atoms with Gasteiger partial charge in [0.15, 0.2) is 0 Å². The fourth-order valence-electron chi connectivity index (χ4n) is 7.66. The van der Waals surface area contributed by atoms with Crippen molar-refractivity contribution in [3.63, 3.8) is 0 Å². The molecule has 2 fully saturated rings. The highest BCUT2D eigenvalue weighted by atomic mass is 16.5. The SMILES string of the molecule is CCCN1C(=O)[C@@H]2[C@@H](CC(COc3ccccc3)=C3[C@@H](CC/C(=C/c4ccc(O)c5ccccc45)c4ccccc4)OC[C@@H]32)C1=O. The standard InChI is InChI=1S/C40H39NO5/c1-2-21-41-39(43)33-23-29(24-45-30-13-7-4-8-14-30)37-34(38(33)40(41)44)25-46-36(37)20-18-27(26-11-5-3-6-12-26)22-28-17-19-35(42)32-16-10-9-15-31(28)32/h3-17,19,22,33-34,36,38,42H,2,18,20-21,23-25H2,1H3/b27-22-/t33-,34+,36-,38-/m1/s1. The van der Waals surface area contributed by atoms with Gasteiger partial charge >= 0.3 is 0 Å². The van der Waals surface area contributed by atoms with Crippen molar-refractivity contribution in [2.24, 2.45) is 17.8 Å². The molecule has 4 atom stereocenters. The van der Waals surface area contributed by atoms with Crippen molar-refractivity contribution in [2.45, 2.75) is 38.7 Å². The van der Waals surface area contributed by atoms with E-state index in [1.807, 2.05) is 85.8 Å². The van der Waals surface area contributed by atoms with Crippen molar-refractivity contribution in [3.05, 3.63) is 119 Å². The number of hydrogen-bond donors (Lipinski definition) is 1. The van der Waals surface area contributed by atoms with Crippen LogP contribution < -0.4 is 4.74 Å². The van der Waals surface area contributed by atoms with E-state index in [4.69, 9.17) is 9.47 Å². The van der Waals surface area contributed by atoms with Crippen LogP contribution in [0, 0.1) is 17.8 Å². The lowest BCUT2D eigenvalue weighted by Gasteiger charge is -2.32. The number of amides is 2. The molecule has 4 aromatic carbocycles. The Morgan fingerprint density at radius 2 is 1.61 bits per heavy atom. The van der Waals surface area contributed by atoms with E-state index >= 15 is 0 Å². The monoisotopic (exact) mass is 613 g/mol. The van der Waals surface area contributed by atoms with Crippen LogP contribution in [0.3, 0.4) is 0 Å². The third-order valence-electron chi connectivity index (χ3n) is 9.79. The van der Waals surface area contributed by atoms with Gasteiger partial charge in [0.2, 0.25) is 11.8 Å². The Morgan fingerprint density at radius 1 is 0.891 bits per heavy atom. The maximum atomic E-state index is 13.6. The normalized spacial score (nSPS) is 22.8. The van der Waals surface area contributed by atoms with Gasteiger partial charge in [0, 0.05) is 17.8 Å². The molecule has 1 aliphatic carbocycles. The molecule has 6 nitrogen and oxygen atoms in total. The van der Waals surface area contributed by atoms with Crippen molar-refractivity contribution in [1.29, 1.82) is 0 Å². The topological polar surface area (TPSA) is 76.1 Å². The van der Waals surface area contributed by atoms with Gasteiger partial charge in [-0.05, 0) is 77.1 Å². The lowest BCUT2D eigenvalue weighted by Crippen LogP contribution is -2.35. The quantitative estimate of drug-likeness (QED) is 0.113. The number of para-hydroxylation sites is 1. The number of rotatable bonds is 10. The zero-order valence-electron chi connectivity index (χ0n) is 26.1. The number of benzene rings is 4. The average Bonchev–Trinajstić information content (AvgIpc) is 3.62. The van der Waals surface area contributed by atoms with Crippen molar-refractivity contribution in [2.75, 3.05) is 19.8 Å². The summed E-state index contributed by atoms with van der Waals surface area (Å²) in [5.74, 6) is 0.106. The Bertz CT molecular complexity index is 1810. The molecule has 0 saturated carbocycles. The van der Waals surface area contributed by atoms with Gasteiger partial charge < -0.3 is 14.6 Å². The minimum Gasteiger partial charge on any atom is -0.507 e. The summed E-state index contributed by atoms with van der Waals surface area (Å²) in [6.07, 6.45) is 4.79. The number of nitrogens with zero attached hydrogens (tertiary/aromatic N) is 1. The van der Waals surface area contributed by atoms with Crippen LogP contribution in [0.25, 0.3) is 22.4 Å². The smallest absolute Gasteiger partial charge is 0.233 e. The number of fused-ring (bicyclic) bond motifs is 4. The zero-order chi connectivity index (χ0) is 31.6. The first kappa shape index (κ1) is 30.0. The number of carbonyl (C=O) groups excluding carboxylic acids is 2. The predicted octanol–water partition coefficient (Wildman–Crippen LogP) is 7.67. The zero-order valence-corrected chi connectivity index (χ0v) is 26.1. The van der Waals surface area contributed by atoms with Crippen molar-refractivity contribution < 1.29 is 24.2 Å². The molecule has 0 unspecified atom stereocenters. The summed E-state index contributed by atoms with van der Waals surface area (Å²) in [5.41, 5.74) is 5.58. The Hall–Kier alpha value is -4.68. The van der Waals surface area contributed by atoms with E-state index in [1.165, 1.54) is 10.5 Å². The minimum atomic E-state index is -0.368. The number of hydrogen-bond acceptors (Lipinski definition) is 5. The van der Waals surface area contributed by atoms with Crippen LogP contribution in [-0.4, -0.2) is 47.7 Å². The number of carbonyl (C=O) groups is 2. The maximum absolute atomic E-state index is 13.6. The third-order valence-corrected chi connectivity index (χ3v) is 9.79. The number of likely N-dealkylation sites (tertiary alicyclic amines) is 1. The van der Waals surface area contributed by atoms with E-state index in [0.29, 0.717) is 26.2 Å². The van der Waals surface area contributed by atoms with Crippen LogP contribution in [-0.2, 0) is 14.3 Å². The molecule has 0 aromatic heterocycles. The fraction of sp³-hybridized carbons (Fsp3) is 0.300. The number of allylic oxidation sites excluding steroid dienone is 1. The summed E-state index contributed by atoms with van der Waals surface area (Å²) in [6, 6.07) is 31.7. The van der Waals surface area contributed by atoms with Gasteiger partial charge in [-0.2, -0.15) is 0 Å². The second kappa shape index (κ2) is 13.0. The van der Waals surface area contributed by atoms with E-state index in [2.05, 4.69) is 18.2 Å². The molecule has 0 bridgehead atoms. The van der Waals surface area contributed by atoms with Crippen LogP contribution >= 0.6 is 0 Å². The number of aromatic hydroxyl groups is 1. The van der Waals surface area contributed by atoms with Gasteiger partial charge in [0.25, 0.3) is 0 Å². The molecule has 0 radical (unpaired) electrons. The molecule has 2 saturated heterocycles. The predicted molar refractivity (Wildman–Crippen MR) is 180 cm³/mol. The maximum Gasteiger partial charge on any atom is 0.233 e. The molecule has 2 aliphatic heterocycles. The van der Waals surface area contributed by atoms with Crippen molar-refractivity contribution >= 4 is 34.2 Å². The molecule has 2 amide bonds. The first-order chi connectivity index (χ1) is 22.5. The number of imide groups is 1. The van der Waals surface area contributed by atoms with E-state index in [-0.39, 0.29) is 41.4 Å². The molecule has 234 valence electrons. The molecule has 46 heavy (non-hydrogen) atoms. The summed E-state index contributed by atoms with van der Waals surface area (Å²) < 4.78 is 12.8. The van der Waals surface area contributed by atoms with Crippen LogP contribution in [0.1, 0.15) is 43.7 Å².